The highest BCUT2D eigenvalue weighted by atomic mass is 19.1. The van der Waals surface area contributed by atoms with E-state index in [-0.39, 0.29) is 11.7 Å². The number of benzene rings is 2. The Hall–Kier alpha value is -2.99. The predicted octanol–water partition coefficient (Wildman–Crippen LogP) is 4.12. The van der Waals surface area contributed by atoms with E-state index < -0.39 is 0 Å². The molecule has 0 unspecified atom stereocenters. The Morgan fingerprint density at radius 3 is 2.60 bits per heavy atom. The summed E-state index contributed by atoms with van der Waals surface area (Å²) in [7, 11) is 0. The fraction of sp³-hybridized carbons (Fsp3) is 0.333. The Morgan fingerprint density at radius 1 is 1.10 bits per heavy atom. The summed E-state index contributed by atoms with van der Waals surface area (Å²) in [6.07, 6.45) is 2.44. The first-order valence-electron chi connectivity index (χ1n) is 10.5. The molecule has 0 spiro atoms. The fourth-order valence-corrected chi connectivity index (χ4v) is 3.99. The molecule has 3 aromatic rings. The van der Waals surface area contributed by atoms with E-state index in [0.717, 1.165) is 36.4 Å². The van der Waals surface area contributed by atoms with Crippen molar-refractivity contribution < 1.29 is 9.18 Å². The molecule has 1 fully saturated rings. The zero-order valence-electron chi connectivity index (χ0n) is 17.5. The molecular formula is C24H27FN4O. The SMILES string of the molecule is Cc1ccc(-n2nc(-c3ccccc3F)cc2C(=O)NCCN2CCCC2)c(C)c1. The number of aryl methyl sites for hydroxylation is 2. The van der Waals surface area contributed by atoms with Crippen LogP contribution in [0.25, 0.3) is 16.9 Å². The smallest absolute Gasteiger partial charge is 0.270 e. The van der Waals surface area contributed by atoms with Crippen LogP contribution >= 0.6 is 0 Å². The van der Waals surface area contributed by atoms with Gasteiger partial charge in [-0.25, -0.2) is 9.07 Å². The van der Waals surface area contributed by atoms with E-state index in [2.05, 4.69) is 21.4 Å². The molecule has 1 aromatic heterocycles. The van der Waals surface area contributed by atoms with Crippen molar-refractivity contribution in [3.8, 4) is 16.9 Å². The van der Waals surface area contributed by atoms with Crippen LogP contribution in [0.3, 0.4) is 0 Å². The second-order valence-electron chi connectivity index (χ2n) is 7.90. The Bertz CT molecular complexity index is 1050. The molecule has 2 heterocycles. The number of rotatable bonds is 6. The van der Waals surface area contributed by atoms with Crippen LogP contribution in [0.5, 0.6) is 0 Å². The van der Waals surface area contributed by atoms with E-state index in [0.29, 0.717) is 23.5 Å². The second kappa shape index (κ2) is 8.79. The number of carbonyl (C=O) groups is 1. The minimum Gasteiger partial charge on any atom is -0.349 e. The summed E-state index contributed by atoms with van der Waals surface area (Å²) in [6.45, 7) is 7.61. The van der Waals surface area contributed by atoms with E-state index in [9.17, 15) is 9.18 Å². The average Bonchev–Trinajstić information content (AvgIpc) is 3.38. The molecule has 5 nitrogen and oxygen atoms in total. The van der Waals surface area contributed by atoms with Crippen LogP contribution in [0.1, 0.15) is 34.5 Å². The number of halogens is 1. The zero-order valence-corrected chi connectivity index (χ0v) is 17.5. The lowest BCUT2D eigenvalue weighted by molar-refractivity contribution is 0.0942. The van der Waals surface area contributed by atoms with E-state index in [1.165, 1.54) is 18.9 Å². The van der Waals surface area contributed by atoms with E-state index in [1.54, 1.807) is 28.9 Å². The van der Waals surface area contributed by atoms with Gasteiger partial charge in [0.2, 0.25) is 0 Å². The molecule has 4 rings (SSSR count). The first-order valence-corrected chi connectivity index (χ1v) is 10.5. The van der Waals surface area contributed by atoms with Gasteiger partial charge in [-0.05, 0) is 69.6 Å². The van der Waals surface area contributed by atoms with Gasteiger partial charge in [-0.15, -0.1) is 0 Å². The summed E-state index contributed by atoms with van der Waals surface area (Å²) in [5, 5.41) is 7.63. The number of aromatic nitrogens is 2. The Kier molecular flexibility index (Phi) is 5.95. The minimum atomic E-state index is -0.358. The maximum atomic E-state index is 14.4. The topological polar surface area (TPSA) is 50.2 Å². The number of carbonyl (C=O) groups excluding carboxylic acids is 1. The molecule has 1 aliphatic rings. The molecule has 1 amide bonds. The van der Waals surface area contributed by atoms with Gasteiger partial charge in [0.15, 0.2) is 0 Å². The fourth-order valence-electron chi connectivity index (χ4n) is 3.99. The molecule has 0 atom stereocenters. The highest BCUT2D eigenvalue weighted by Crippen LogP contribution is 2.25. The monoisotopic (exact) mass is 406 g/mol. The summed E-state index contributed by atoms with van der Waals surface area (Å²) in [4.78, 5) is 15.4. The molecule has 1 aliphatic heterocycles. The van der Waals surface area contributed by atoms with Crippen LogP contribution in [0.2, 0.25) is 0 Å². The molecule has 6 heteroatoms. The van der Waals surface area contributed by atoms with Crippen molar-refractivity contribution in [1.82, 2.24) is 20.0 Å². The molecule has 0 saturated carbocycles. The standard InChI is InChI=1S/C24H27FN4O/c1-17-9-10-22(18(2)15-17)29-23(24(30)26-11-14-28-12-5-6-13-28)16-21(27-29)19-7-3-4-8-20(19)25/h3-4,7-10,15-16H,5-6,11-14H2,1-2H3,(H,26,30). The first-order chi connectivity index (χ1) is 14.5. The number of hydrogen-bond acceptors (Lipinski definition) is 3. The lowest BCUT2D eigenvalue weighted by Crippen LogP contribution is -2.34. The van der Waals surface area contributed by atoms with Crippen LogP contribution in [0.4, 0.5) is 4.39 Å². The van der Waals surface area contributed by atoms with Crippen LogP contribution in [-0.2, 0) is 0 Å². The van der Waals surface area contributed by atoms with Gasteiger partial charge in [0.1, 0.15) is 11.5 Å². The van der Waals surface area contributed by atoms with Gasteiger partial charge < -0.3 is 10.2 Å². The summed E-state index contributed by atoms with van der Waals surface area (Å²) in [6, 6.07) is 14.2. The van der Waals surface area contributed by atoms with Crippen LogP contribution < -0.4 is 5.32 Å². The number of hydrogen-bond donors (Lipinski definition) is 1. The van der Waals surface area contributed by atoms with E-state index in [4.69, 9.17) is 0 Å². The van der Waals surface area contributed by atoms with E-state index in [1.807, 2.05) is 26.0 Å². The summed E-state index contributed by atoms with van der Waals surface area (Å²) in [5.74, 6) is -0.562. The molecule has 0 aliphatic carbocycles. The molecular weight excluding hydrogens is 379 g/mol. The quantitative estimate of drug-likeness (QED) is 0.670. The van der Waals surface area contributed by atoms with Crippen LogP contribution in [0.15, 0.2) is 48.5 Å². The Labute approximate surface area is 176 Å². The maximum absolute atomic E-state index is 14.4. The molecule has 0 radical (unpaired) electrons. The van der Waals surface area contributed by atoms with Crippen molar-refractivity contribution in [2.45, 2.75) is 26.7 Å². The molecule has 1 saturated heterocycles. The number of nitrogens with one attached hydrogen (secondary N) is 1. The normalized spacial score (nSPS) is 14.2. The third kappa shape index (κ3) is 4.28. The van der Waals surface area contributed by atoms with Crippen molar-refractivity contribution in [2.24, 2.45) is 0 Å². The van der Waals surface area contributed by atoms with E-state index >= 15 is 0 Å². The molecule has 30 heavy (non-hydrogen) atoms. The Balaban J connectivity index is 1.66. The molecule has 156 valence electrons. The second-order valence-corrected chi connectivity index (χ2v) is 7.90. The van der Waals surface area contributed by atoms with Gasteiger partial charge in [-0.1, -0.05) is 29.8 Å². The highest BCUT2D eigenvalue weighted by molar-refractivity contribution is 5.94. The van der Waals surface area contributed by atoms with Gasteiger partial charge in [-0.2, -0.15) is 5.10 Å². The highest BCUT2D eigenvalue weighted by Gasteiger charge is 2.20. The van der Waals surface area contributed by atoms with Crippen molar-refractivity contribution in [3.63, 3.8) is 0 Å². The molecule has 1 N–H and O–H groups in total. The number of likely N-dealkylation sites (tertiary alicyclic amines) is 1. The number of nitrogens with zero attached hydrogens (tertiary/aromatic N) is 3. The molecule has 0 bridgehead atoms. The van der Waals surface area contributed by atoms with Gasteiger partial charge in [-0.3, -0.25) is 4.79 Å². The van der Waals surface area contributed by atoms with Gasteiger partial charge in [0, 0.05) is 18.7 Å². The van der Waals surface area contributed by atoms with Crippen molar-refractivity contribution in [3.05, 3.63) is 71.2 Å². The van der Waals surface area contributed by atoms with Crippen molar-refractivity contribution in [2.75, 3.05) is 26.2 Å². The third-order valence-corrected chi connectivity index (χ3v) is 5.58. The third-order valence-electron chi connectivity index (χ3n) is 5.58. The summed E-state index contributed by atoms with van der Waals surface area (Å²) >= 11 is 0. The first kappa shape index (κ1) is 20.3. The van der Waals surface area contributed by atoms with Gasteiger partial charge in [0.05, 0.1) is 11.4 Å². The zero-order chi connectivity index (χ0) is 21.1. The van der Waals surface area contributed by atoms with Crippen molar-refractivity contribution in [1.29, 1.82) is 0 Å². The minimum absolute atomic E-state index is 0.204. The molecule has 2 aromatic carbocycles. The maximum Gasteiger partial charge on any atom is 0.270 e. The van der Waals surface area contributed by atoms with Gasteiger partial charge >= 0.3 is 0 Å². The van der Waals surface area contributed by atoms with Crippen LogP contribution in [0, 0.1) is 19.7 Å². The number of amides is 1. The lowest BCUT2D eigenvalue weighted by Gasteiger charge is -2.15. The average molecular weight is 407 g/mol. The predicted molar refractivity (Wildman–Crippen MR) is 116 cm³/mol. The summed E-state index contributed by atoms with van der Waals surface area (Å²) < 4.78 is 16.0. The van der Waals surface area contributed by atoms with Crippen molar-refractivity contribution >= 4 is 5.91 Å². The van der Waals surface area contributed by atoms with Gasteiger partial charge in [0.25, 0.3) is 5.91 Å². The lowest BCUT2D eigenvalue weighted by atomic mass is 10.1. The largest absolute Gasteiger partial charge is 0.349 e. The van der Waals surface area contributed by atoms with Crippen LogP contribution in [-0.4, -0.2) is 46.8 Å². The Morgan fingerprint density at radius 2 is 1.87 bits per heavy atom. The summed E-state index contributed by atoms with van der Waals surface area (Å²) in [5.41, 5.74) is 4.18.